The highest BCUT2D eigenvalue weighted by atomic mass is 35.5. The van der Waals surface area contributed by atoms with Crippen LogP contribution < -0.4 is 5.32 Å². The number of carbonyl (C=O) groups excluding carboxylic acids is 2. The Hall–Kier alpha value is -2.42. The van der Waals surface area contributed by atoms with Gasteiger partial charge in [0.25, 0.3) is 0 Å². The first-order chi connectivity index (χ1) is 15.6. The third kappa shape index (κ3) is 7.28. The first kappa shape index (κ1) is 26.8. The normalized spacial score (nSPS) is 12.4. The van der Waals surface area contributed by atoms with Crippen LogP contribution in [-0.2, 0) is 26.2 Å². The monoisotopic (exact) mass is 493 g/mol. The Kier molecular flexibility index (Phi) is 9.88. The number of hydrogen-bond acceptors (Lipinski definition) is 4. The van der Waals surface area contributed by atoms with E-state index in [-0.39, 0.29) is 17.3 Å². The van der Waals surface area contributed by atoms with E-state index in [0.717, 1.165) is 21.9 Å². The van der Waals surface area contributed by atoms with Crippen LogP contribution in [0, 0.1) is 6.92 Å². The van der Waals surface area contributed by atoms with Crippen molar-refractivity contribution in [2.45, 2.75) is 51.1 Å². The van der Waals surface area contributed by atoms with Gasteiger partial charge < -0.3 is 10.2 Å². The average molecular weight is 494 g/mol. The molecule has 0 aliphatic rings. The number of benzene rings is 2. The fourth-order valence-electron chi connectivity index (χ4n) is 3.45. The standard InChI is InChI=1S/C24H32ClN3O4S/c1-5-14-26-24(30)22(6-2)28(16-19-9-7-8-18(3)15-19)23(29)17-27(4)33(31,32)21-12-10-20(25)11-13-21/h7-13,15,22H,5-6,14,16-17H2,1-4H3,(H,26,30). The van der Waals surface area contributed by atoms with Crippen molar-refractivity contribution in [3.05, 3.63) is 64.7 Å². The number of halogens is 1. The fraction of sp³-hybridized carbons (Fsp3) is 0.417. The van der Waals surface area contributed by atoms with Crippen LogP contribution in [0.4, 0.5) is 0 Å². The van der Waals surface area contributed by atoms with Gasteiger partial charge in [-0.15, -0.1) is 0 Å². The zero-order valence-electron chi connectivity index (χ0n) is 19.5. The lowest BCUT2D eigenvalue weighted by atomic mass is 10.1. The maximum Gasteiger partial charge on any atom is 0.243 e. The van der Waals surface area contributed by atoms with Crippen molar-refractivity contribution in [2.75, 3.05) is 20.1 Å². The molecule has 0 spiro atoms. The molecule has 0 radical (unpaired) electrons. The number of amides is 2. The van der Waals surface area contributed by atoms with E-state index < -0.39 is 28.5 Å². The molecule has 2 rings (SSSR count). The molecular formula is C24H32ClN3O4S. The quantitative estimate of drug-likeness (QED) is 0.518. The summed E-state index contributed by atoms with van der Waals surface area (Å²) in [5, 5.41) is 3.27. The van der Waals surface area contributed by atoms with Crippen molar-refractivity contribution >= 4 is 33.4 Å². The smallest absolute Gasteiger partial charge is 0.243 e. The number of rotatable bonds is 11. The van der Waals surface area contributed by atoms with Gasteiger partial charge in [-0.25, -0.2) is 8.42 Å². The fourth-order valence-corrected chi connectivity index (χ4v) is 4.69. The summed E-state index contributed by atoms with van der Waals surface area (Å²) >= 11 is 5.86. The van der Waals surface area contributed by atoms with E-state index in [4.69, 9.17) is 11.6 Å². The van der Waals surface area contributed by atoms with Crippen LogP contribution in [-0.4, -0.2) is 55.6 Å². The Morgan fingerprint density at radius 2 is 1.76 bits per heavy atom. The molecular weight excluding hydrogens is 462 g/mol. The number of likely N-dealkylation sites (N-methyl/N-ethyl adjacent to an activating group) is 1. The molecule has 0 bridgehead atoms. The Morgan fingerprint density at radius 3 is 2.33 bits per heavy atom. The van der Waals surface area contributed by atoms with Gasteiger partial charge in [-0.05, 0) is 49.6 Å². The third-order valence-corrected chi connectivity index (χ3v) is 7.32. The summed E-state index contributed by atoms with van der Waals surface area (Å²) in [6, 6.07) is 12.7. The topological polar surface area (TPSA) is 86.8 Å². The highest BCUT2D eigenvalue weighted by Crippen LogP contribution is 2.19. The minimum absolute atomic E-state index is 0.0418. The number of nitrogens with one attached hydrogen (secondary N) is 1. The molecule has 7 nitrogen and oxygen atoms in total. The van der Waals surface area contributed by atoms with E-state index in [1.54, 1.807) is 0 Å². The molecule has 0 aliphatic heterocycles. The van der Waals surface area contributed by atoms with Gasteiger partial charge >= 0.3 is 0 Å². The summed E-state index contributed by atoms with van der Waals surface area (Å²) < 4.78 is 26.9. The molecule has 0 fully saturated rings. The summed E-state index contributed by atoms with van der Waals surface area (Å²) in [4.78, 5) is 27.7. The van der Waals surface area contributed by atoms with Crippen LogP contribution >= 0.6 is 11.6 Å². The number of carbonyl (C=O) groups is 2. The molecule has 1 N–H and O–H groups in total. The largest absolute Gasteiger partial charge is 0.354 e. The Morgan fingerprint density at radius 1 is 1.09 bits per heavy atom. The van der Waals surface area contributed by atoms with E-state index in [1.165, 1.54) is 36.2 Å². The van der Waals surface area contributed by atoms with Crippen LogP contribution in [0.25, 0.3) is 0 Å². The maximum atomic E-state index is 13.4. The zero-order valence-corrected chi connectivity index (χ0v) is 21.1. The van der Waals surface area contributed by atoms with E-state index in [1.807, 2.05) is 45.0 Å². The minimum atomic E-state index is -3.90. The van der Waals surface area contributed by atoms with Gasteiger partial charge in [0.05, 0.1) is 11.4 Å². The van der Waals surface area contributed by atoms with Gasteiger partial charge in [0.1, 0.15) is 6.04 Å². The molecule has 2 aromatic carbocycles. The first-order valence-electron chi connectivity index (χ1n) is 10.9. The van der Waals surface area contributed by atoms with Crippen molar-refractivity contribution in [2.24, 2.45) is 0 Å². The number of sulfonamides is 1. The van der Waals surface area contributed by atoms with Crippen LogP contribution in [0.15, 0.2) is 53.4 Å². The van der Waals surface area contributed by atoms with Gasteiger partial charge in [0.2, 0.25) is 21.8 Å². The van der Waals surface area contributed by atoms with Crippen LogP contribution in [0.3, 0.4) is 0 Å². The SMILES string of the molecule is CCCNC(=O)C(CC)N(Cc1cccc(C)c1)C(=O)CN(C)S(=O)(=O)c1ccc(Cl)cc1. The third-order valence-electron chi connectivity index (χ3n) is 5.25. The summed E-state index contributed by atoms with van der Waals surface area (Å²) in [5.74, 6) is -0.696. The highest BCUT2D eigenvalue weighted by Gasteiger charge is 2.31. The maximum absolute atomic E-state index is 13.4. The number of aryl methyl sites for hydroxylation is 1. The van der Waals surface area contributed by atoms with Crippen molar-refractivity contribution < 1.29 is 18.0 Å². The van der Waals surface area contributed by atoms with E-state index in [9.17, 15) is 18.0 Å². The first-order valence-corrected chi connectivity index (χ1v) is 12.8. The van der Waals surface area contributed by atoms with Crippen LogP contribution in [0.5, 0.6) is 0 Å². The lowest BCUT2D eigenvalue weighted by Crippen LogP contribution is -2.51. The Bertz CT molecular complexity index is 1060. The molecule has 180 valence electrons. The summed E-state index contributed by atoms with van der Waals surface area (Å²) in [6.07, 6.45) is 1.18. The average Bonchev–Trinajstić information content (AvgIpc) is 2.77. The Balaban J connectivity index is 2.31. The summed E-state index contributed by atoms with van der Waals surface area (Å²) in [5.41, 5.74) is 1.90. The lowest BCUT2D eigenvalue weighted by Gasteiger charge is -2.32. The van der Waals surface area contributed by atoms with Crippen molar-refractivity contribution in [3.63, 3.8) is 0 Å². The van der Waals surface area contributed by atoms with Gasteiger partial charge in [-0.1, -0.05) is 55.3 Å². The Labute approximate surface area is 201 Å². The summed E-state index contributed by atoms with van der Waals surface area (Å²) in [7, 11) is -2.55. The second kappa shape index (κ2) is 12.2. The van der Waals surface area contributed by atoms with E-state index in [0.29, 0.717) is 18.0 Å². The molecule has 2 aromatic rings. The van der Waals surface area contributed by atoms with E-state index in [2.05, 4.69) is 5.32 Å². The molecule has 0 aliphatic carbocycles. The molecule has 1 unspecified atom stereocenters. The molecule has 9 heteroatoms. The van der Waals surface area contributed by atoms with Gasteiger partial charge in [-0.2, -0.15) is 4.31 Å². The van der Waals surface area contributed by atoms with Gasteiger partial charge in [-0.3, -0.25) is 9.59 Å². The van der Waals surface area contributed by atoms with E-state index >= 15 is 0 Å². The van der Waals surface area contributed by atoms with Crippen molar-refractivity contribution in [1.29, 1.82) is 0 Å². The molecule has 2 amide bonds. The van der Waals surface area contributed by atoms with Crippen LogP contribution in [0.1, 0.15) is 37.8 Å². The highest BCUT2D eigenvalue weighted by molar-refractivity contribution is 7.89. The zero-order chi connectivity index (χ0) is 24.6. The summed E-state index contributed by atoms with van der Waals surface area (Å²) in [6.45, 7) is 6.05. The molecule has 0 saturated carbocycles. The van der Waals surface area contributed by atoms with Gasteiger partial charge in [0.15, 0.2) is 0 Å². The van der Waals surface area contributed by atoms with Crippen molar-refractivity contribution in [1.82, 2.24) is 14.5 Å². The lowest BCUT2D eigenvalue weighted by molar-refractivity contribution is -0.141. The predicted molar refractivity (Wildman–Crippen MR) is 130 cm³/mol. The number of hydrogen-bond donors (Lipinski definition) is 1. The van der Waals surface area contributed by atoms with Crippen LogP contribution in [0.2, 0.25) is 5.02 Å². The molecule has 0 heterocycles. The molecule has 0 saturated heterocycles. The molecule has 33 heavy (non-hydrogen) atoms. The van der Waals surface area contributed by atoms with Crippen molar-refractivity contribution in [3.8, 4) is 0 Å². The molecule has 0 aromatic heterocycles. The number of nitrogens with zero attached hydrogens (tertiary/aromatic N) is 2. The predicted octanol–water partition coefficient (Wildman–Crippen LogP) is 3.60. The van der Waals surface area contributed by atoms with Gasteiger partial charge in [0, 0.05) is 25.2 Å². The second-order valence-electron chi connectivity index (χ2n) is 7.94. The molecule has 1 atom stereocenters. The second-order valence-corrected chi connectivity index (χ2v) is 10.4. The minimum Gasteiger partial charge on any atom is -0.354 e.